The van der Waals surface area contributed by atoms with Gasteiger partial charge in [-0.2, -0.15) is 0 Å². The van der Waals surface area contributed by atoms with E-state index in [-0.39, 0.29) is 32.2 Å². The molecular weight excluding hydrogens is 484 g/mol. The quantitative estimate of drug-likeness (QED) is 0.233. The normalized spacial score (nSPS) is 11.3. The number of methoxy groups -OCH3 is 1. The second-order valence-electron chi connectivity index (χ2n) is 8.19. The first-order valence-electron chi connectivity index (χ1n) is 12.8. The number of fused-ring (bicyclic) bond motifs is 4. The van der Waals surface area contributed by atoms with Gasteiger partial charge in [-0.05, 0) is 59.4 Å². The zero-order valence-corrected chi connectivity index (χ0v) is 22.2. The lowest BCUT2D eigenvalue weighted by Crippen LogP contribution is -2.14. The maximum Gasteiger partial charge on any atom is 0.193 e. The van der Waals surface area contributed by atoms with Gasteiger partial charge in [0.2, 0.25) is 0 Å². The van der Waals surface area contributed by atoms with Crippen molar-refractivity contribution in [3.8, 4) is 11.5 Å². The minimum Gasteiger partial charge on any atom is -0.508 e. The molecule has 0 amide bonds. The molecule has 1 N–H and O–H groups in total. The van der Waals surface area contributed by atoms with Gasteiger partial charge in [0.1, 0.15) is 11.5 Å². The lowest BCUT2D eigenvalue weighted by molar-refractivity contribution is 0.102. The summed E-state index contributed by atoms with van der Waals surface area (Å²) in [6.07, 6.45) is 1.58. The maximum atomic E-state index is 12.3. The highest BCUT2D eigenvalue weighted by Crippen LogP contribution is 2.30. The largest absolute Gasteiger partial charge is 0.508 e. The molecule has 0 bridgehead atoms. The number of phenols is 1. The van der Waals surface area contributed by atoms with Crippen LogP contribution in [0.2, 0.25) is 0 Å². The van der Waals surface area contributed by atoms with E-state index in [9.17, 15) is 14.7 Å². The van der Waals surface area contributed by atoms with Gasteiger partial charge in [0, 0.05) is 22.3 Å². The Morgan fingerprint density at radius 2 is 0.974 bits per heavy atom. The maximum absolute atomic E-state index is 12.3. The summed E-state index contributed by atoms with van der Waals surface area (Å²) >= 11 is 0. The summed E-state index contributed by atoms with van der Waals surface area (Å²) in [6.45, 7) is 8.00. The average molecular weight is 527 g/mol. The smallest absolute Gasteiger partial charge is 0.193 e. The zero-order chi connectivity index (χ0) is 26.9. The molecule has 2 aliphatic carbocycles. The molecule has 0 heterocycles. The molecule has 0 aromatic heterocycles. The number of carbonyl (C=O) groups is 2. The fourth-order valence-corrected chi connectivity index (χ4v) is 4.47. The highest BCUT2D eigenvalue weighted by Gasteiger charge is 2.24. The molecule has 4 heteroatoms. The third-order valence-electron chi connectivity index (χ3n) is 6.19. The third-order valence-corrected chi connectivity index (χ3v) is 6.19. The van der Waals surface area contributed by atoms with Gasteiger partial charge >= 0.3 is 0 Å². The van der Waals surface area contributed by atoms with Gasteiger partial charge in [0.15, 0.2) is 11.6 Å². The van der Waals surface area contributed by atoms with Crippen molar-refractivity contribution >= 4 is 11.6 Å². The van der Waals surface area contributed by atoms with Gasteiger partial charge in [-0.1, -0.05) is 103 Å². The first kappa shape index (κ1) is 32.8. The Morgan fingerprint density at radius 1 is 0.564 bits per heavy atom. The summed E-state index contributed by atoms with van der Waals surface area (Å²) in [6, 6.07) is 26.1. The van der Waals surface area contributed by atoms with Gasteiger partial charge < -0.3 is 9.84 Å². The molecule has 0 unspecified atom stereocenters. The Morgan fingerprint density at radius 3 is 1.46 bits per heavy atom. The summed E-state index contributed by atoms with van der Waals surface area (Å²) in [5, 5.41) is 9.40. The van der Waals surface area contributed by atoms with Crippen LogP contribution in [0.25, 0.3) is 0 Å². The van der Waals surface area contributed by atoms with Crippen LogP contribution in [-0.4, -0.2) is 23.8 Å². The van der Waals surface area contributed by atoms with Crippen LogP contribution < -0.4 is 4.74 Å². The molecule has 0 saturated carbocycles. The van der Waals surface area contributed by atoms with E-state index in [1.54, 1.807) is 19.2 Å². The van der Waals surface area contributed by atoms with E-state index in [1.807, 2.05) is 100 Å². The van der Waals surface area contributed by atoms with Crippen LogP contribution in [0.1, 0.15) is 96.6 Å². The number of carbonyl (C=O) groups excluding carboxylic acids is 2. The Labute approximate surface area is 234 Å². The summed E-state index contributed by atoms with van der Waals surface area (Å²) in [5.41, 5.74) is 7.19. The monoisotopic (exact) mass is 526 g/mol. The lowest BCUT2D eigenvalue weighted by Gasteiger charge is -2.18. The predicted molar refractivity (Wildman–Crippen MR) is 163 cm³/mol. The molecule has 4 aromatic carbocycles. The third kappa shape index (κ3) is 7.02. The van der Waals surface area contributed by atoms with Gasteiger partial charge in [-0.25, -0.2) is 0 Å². The molecule has 4 nitrogen and oxygen atoms in total. The average Bonchev–Trinajstić information content (AvgIpc) is 2.96. The second kappa shape index (κ2) is 15.3. The lowest BCUT2D eigenvalue weighted by atomic mass is 9.85. The first-order valence-corrected chi connectivity index (χ1v) is 12.8. The van der Waals surface area contributed by atoms with Crippen molar-refractivity contribution in [2.75, 3.05) is 7.11 Å². The van der Waals surface area contributed by atoms with Crippen LogP contribution in [0.5, 0.6) is 11.5 Å². The van der Waals surface area contributed by atoms with E-state index in [2.05, 4.69) is 0 Å². The van der Waals surface area contributed by atoms with Crippen molar-refractivity contribution in [2.24, 2.45) is 0 Å². The molecule has 6 rings (SSSR count). The fraction of sp³-hybridized carbons (Fsp3) is 0.257. The molecule has 0 saturated heterocycles. The Balaban J connectivity index is 0.000000332. The minimum absolute atomic E-state index is 0. The van der Waals surface area contributed by atoms with Crippen molar-refractivity contribution < 1.29 is 19.4 Å². The number of hydrogen-bond donors (Lipinski definition) is 1. The number of ether oxygens (including phenoxy) is 1. The minimum atomic E-state index is 0. The molecule has 0 atom stereocenters. The molecule has 2 aliphatic rings. The summed E-state index contributed by atoms with van der Waals surface area (Å²) in [5.74, 6) is 0.983. The van der Waals surface area contributed by atoms with Gasteiger partial charge in [-0.3, -0.25) is 9.59 Å². The second-order valence-corrected chi connectivity index (χ2v) is 8.19. The Kier molecular flexibility index (Phi) is 12.9. The summed E-state index contributed by atoms with van der Waals surface area (Å²) < 4.78 is 5.16. The predicted octanol–water partition coefficient (Wildman–Crippen LogP) is 8.68. The number of hydrogen-bond acceptors (Lipinski definition) is 4. The fourth-order valence-electron chi connectivity index (χ4n) is 4.47. The van der Waals surface area contributed by atoms with Crippen molar-refractivity contribution in [3.05, 3.63) is 129 Å². The van der Waals surface area contributed by atoms with Crippen LogP contribution >= 0.6 is 0 Å². The molecule has 4 aromatic rings. The standard InChI is InChI=1S/C15H12O2.C14H10O2.2C2H6.2CH4/c1-17-12-7-6-11-8-10-4-2-3-5-13(10)15(16)14(11)9-12;15-11-6-5-10-7-9-3-1-2-4-12(9)14(16)13(10)8-11;2*1-2;;/h2-7,9H,8H2,1H3;1-6,8,15H,7H2;2*1-2H3;2*1H4. The molecular formula is C35H42O4. The van der Waals surface area contributed by atoms with E-state index in [4.69, 9.17) is 4.74 Å². The number of aromatic hydroxyl groups is 1. The molecule has 0 aliphatic heterocycles. The van der Waals surface area contributed by atoms with Crippen molar-refractivity contribution in [1.29, 1.82) is 0 Å². The number of ketones is 2. The Hall–Kier alpha value is -4.18. The summed E-state index contributed by atoms with van der Waals surface area (Å²) in [7, 11) is 1.61. The first-order chi connectivity index (χ1) is 18.0. The molecule has 206 valence electrons. The highest BCUT2D eigenvalue weighted by atomic mass is 16.5. The molecule has 39 heavy (non-hydrogen) atoms. The van der Waals surface area contributed by atoms with Crippen LogP contribution in [0.3, 0.4) is 0 Å². The van der Waals surface area contributed by atoms with Crippen molar-refractivity contribution in [2.45, 2.75) is 55.4 Å². The van der Waals surface area contributed by atoms with Crippen molar-refractivity contribution in [3.63, 3.8) is 0 Å². The molecule has 0 fully saturated rings. The van der Waals surface area contributed by atoms with E-state index in [1.165, 1.54) is 0 Å². The Bertz CT molecular complexity index is 1400. The molecule has 0 spiro atoms. The van der Waals surface area contributed by atoms with Crippen LogP contribution in [0.4, 0.5) is 0 Å². The van der Waals surface area contributed by atoms with Gasteiger partial charge in [0.25, 0.3) is 0 Å². The van der Waals surface area contributed by atoms with Crippen LogP contribution in [0.15, 0.2) is 84.9 Å². The number of phenolic OH excluding ortho intramolecular Hbond substituents is 1. The zero-order valence-electron chi connectivity index (χ0n) is 22.2. The van der Waals surface area contributed by atoms with Crippen molar-refractivity contribution in [1.82, 2.24) is 0 Å². The van der Waals surface area contributed by atoms with Crippen LogP contribution in [0, 0.1) is 0 Å². The van der Waals surface area contributed by atoms with E-state index in [0.717, 1.165) is 57.5 Å². The highest BCUT2D eigenvalue weighted by molar-refractivity contribution is 6.13. The number of rotatable bonds is 1. The van der Waals surface area contributed by atoms with E-state index < -0.39 is 0 Å². The van der Waals surface area contributed by atoms with Crippen LogP contribution in [-0.2, 0) is 12.8 Å². The van der Waals surface area contributed by atoms with E-state index in [0.29, 0.717) is 5.56 Å². The van der Waals surface area contributed by atoms with Gasteiger partial charge in [0.05, 0.1) is 7.11 Å². The SMILES string of the molecule is C.C.CC.CC.COc1ccc2c(c1)C(=O)c1ccccc1C2.O=C1c2ccccc2Cc2ccc(O)cc21. The topological polar surface area (TPSA) is 63.6 Å². The number of benzene rings is 4. The van der Waals surface area contributed by atoms with E-state index >= 15 is 0 Å². The van der Waals surface area contributed by atoms with Gasteiger partial charge in [-0.15, -0.1) is 0 Å². The molecule has 0 radical (unpaired) electrons. The summed E-state index contributed by atoms with van der Waals surface area (Å²) in [4.78, 5) is 24.5.